The summed E-state index contributed by atoms with van der Waals surface area (Å²) in [5.74, 6) is 0. The molecular formula is C17H23N3O2. The van der Waals surface area contributed by atoms with Gasteiger partial charge in [0.25, 0.3) is 0 Å². The van der Waals surface area contributed by atoms with Crippen molar-refractivity contribution in [1.29, 1.82) is 0 Å². The van der Waals surface area contributed by atoms with Crippen molar-refractivity contribution >= 4 is 0 Å². The van der Waals surface area contributed by atoms with Crippen LogP contribution in [0.4, 0.5) is 0 Å². The van der Waals surface area contributed by atoms with Crippen molar-refractivity contribution in [1.82, 2.24) is 14.5 Å². The van der Waals surface area contributed by atoms with Crippen LogP contribution in [0.25, 0.3) is 0 Å². The third-order valence-corrected chi connectivity index (χ3v) is 4.39. The average Bonchev–Trinajstić information content (AvgIpc) is 2.89. The van der Waals surface area contributed by atoms with E-state index in [1.807, 2.05) is 18.5 Å². The van der Waals surface area contributed by atoms with Crippen LogP contribution in [-0.4, -0.2) is 39.3 Å². The second-order valence-corrected chi connectivity index (χ2v) is 5.94. The Morgan fingerprint density at radius 1 is 1.27 bits per heavy atom. The number of aliphatic hydroxyl groups excluding tert-OH is 1. The van der Waals surface area contributed by atoms with Gasteiger partial charge >= 0.3 is 0 Å². The third kappa shape index (κ3) is 3.06. The summed E-state index contributed by atoms with van der Waals surface area (Å²) in [6, 6.07) is 8.51. The standard InChI is InChI=1S/C17H23N3O2/c1-19-12-18-16-9-20(15(11-22-2)7-17(16)19)8-13-3-5-14(10-21)6-4-13/h3-6,12,15,21H,7-11H2,1-2H3/t15-/m0/s1. The lowest BCUT2D eigenvalue weighted by Gasteiger charge is -2.35. The Morgan fingerprint density at radius 2 is 2.00 bits per heavy atom. The van der Waals surface area contributed by atoms with Crippen LogP contribution in [0.15, 0.2) is 30.6 Å². The van der Waals surface area contributed by atoms with Crippen LogP contribution in [0.5, 0.6) is 0 Å². The highest BCUT2D eigenvalue weighted by Crippen LogP contribution is 2.24. The first-order chi connectivity index (χ1) is 10.7. The zero-order chi connectivity index (χ0) is 15.5. The maximum Gasteiger partial charge on any atom is 0.0949 e. The van der Waals surface area contributed by atoms with E-state index in [0.717, 1.165) is 31.7 Å². The highest BCUT2D eigenvalue weighted by molar-refractivity contribution is 5.23. The molecule has 0 radical (unpaired) electrons. The summed E-state index contributed by atoms with van der Waals surface area (Å²) >= 11 is 0. The number of fused-ring (bicyclic) bond motifs is 1. The van der Waals surface area contributed by atoms with Gasteiger partial charge in [-0.2, -0.15) is 0 Å². The second-order valence-electron chi connectivity index (χ2n) is 5.94. The summed E-state index contributed by atoms with van der Waals surface area (Å²) in [6.45, 7) is 2.54. The Balaban J connectivity index is 1.78. The molecule has 1 N–H and O–H groups in total. The highest BCUT2D eigenvalue weighted by Gasteiger charge is 2.28. The Morgan fingerprint density at radius 3 is 2.68 bits per heavy atom. The number of hydrogen-bond donors (Lipinski definition) is 1. The van der Waals surface area contributed by atoms with Crippen LogP contribution in [-0.2, 0) is 37.9 Å². The SMILES string of the molecule is COC[C@@H]1Cc2c(ncn2C)CN1Cc1ccc(CO)cc1. The van der Waals surface area contributed by atoms with Gasteiger partial charge in [0.1, 0.15) is 0 Å². The predicted molar refractivity (Wildman–Crippen MR) is 84.2 cm³/mol. The fourth-order valence-corrected chi connectivity index (χ4v) is 3.10. The lowest BCUT2D eigenvalue weighted by Crippen LogP contribution is -2.43. The fourth-order valence-electron chi connectivity index (χ4n) is 3.10. The summed E-state index contributed by atoms with van der Waals surface area (Å²) in [4.78, 5) is 6.94. The van der Waals surface area contributed by atoms with Gasteiger partial charge in [0.2, 0.25) is 0 Å². The maximum atomic E-state index is 9.14. The summed E-state index contributed by atoms with van der Waals surface area (Å²) in [6.07, 6.45) is 2.86. The van der Waals surface area contributed by atoms with E-state index in [0.29, 0.717) is 6.04 Å². The molecule has 1 aliphatic heterocycles. The van der Waals surface area contributed by atoms with Crippen LogP contribution >= 0.6 is 0 Å². The topological polar surface area (TPSA) is 50.5 Å². The Hall–Kier alpha value is -1.69. The van der Waals surface area contributed by atoms with Crippen molar-refractivity contribution in [3.63, 3.8) is 0 Å². The number of ether oxygens (including phenoxy) is 1. The van der Waals surface area contributed by atoms with Gasteiger partial charge in [-0.15, -0.1) is 0 Å². The molecule has 2 aromatic rings. The van der Waals surface area contributed by atoms with Gasteiger partial charge in [0.05, 0.1) is 25.2 Å². The molecule has 22 heavy (non-hydrogen) atoms. The maximum absolute atomic E-state index is 9.14. The lowest BCUT2D eigenvalue weighted by molar-refractivity contribution is 0.0700. The number of imidazole rings is 1. The summed E-state index contributed by atoms with van der Waals surface area (Å²) < 4.78 is 7.53. The predicted octanol–water partition coefficient (Wildman–Crippen LogP) is 1.49. The van der Waals surface area contributed by atoms with E-state index in [-0.39, 0.29) is 6.61 Å². The number of hydrogen-bond acceptors (Lipinski definition) is 4. The van der Waals surface area contributed by atoms with E-state index in [1.54, 1.807) is 7.11 Å². The molecule has 1 atom stereocenters. The molecule has 118 valence electrons. The minimum atomic E-state index is 0.0909. The fraction of sp³-hybridized carbons (Fsp3) is 0.471. The number of aromatic nitrogens is 2. The molecule has 0 amide bonds. The first kappa shape index (κ1) is 15.2. The number of methoxy groups -OCH3 is 1. The van der Waals surface area contributed by atoms with E-state index >= 15 is 0 Å². The normalized spacial score (nSPS) is 18.4. The van der Waals surface area contributed by atoms with Crippen molar-refractivity contribution in [2.75, 3.05) is 13.7 Å². The zero-order valence-corrected chi connectivity index (χ0v) is 13.2. The van der Waals surface area contributed by atoms with Gasteiger partial charge in [0.15, 0.2) is 0 Å². The largest absolute Gasteiger partial charge is 0.392 e. The monoisotopic (exact) mass is 301 g/mol. The van der Waals surface area contributed by atoms with Crippen LogP contribution in [0.3, 0.4) is 0 Å². The van der Waals surface area contributed by atoms with Gasteiger partial charge in [-0.1, -0.05) is 24.3 Å². The molecule has 5 nitrogen and oxygen atoms in total. The summed E-state index contributed by atoms with van der Waals surface area (Å²) in [7, 11) is 3.81. The summed E-state index contributed by atoms with van der Waals surface area (Å²) in [5, 5.41) is 9.14. The van der Waals surface area contributed by atoms with E-state index in [2.05, 4.69) is 33.6 Å². The van der Waals surface area contributed by atoms with Crippen LogP contribution in [0.1, 0.15) is 22.5 Å². The van der Waals surface area contributed by atoms with Crippen molar-refractivity contribution in [3.05, 3.63) is 53.1 Å². The van der Waals surface area contributed by atoms with Gasteiger partial charge in [0, 0.05) is 45.4 Å². The van der Waals surface area contributed by atoms with Crippen LogP contribution < -0.4 is 0 Å². The molecule has 0 bridgehead atoms. The molecule has 1 aliphatic rings. The van der Waals surface area contributed by atoms with E-state index in [1.165, 1.54) is 17.0 Å². The molecule has 0 spiro atoms. The molecule has 5 heteroatoms. The van der Waals surface area contributed by atoms with Crippen molar-refractivity contribution < 1.29 is 9.84 Å². The highest BCUT2D eigenvalue weighted by atomic mass is 16.5. The molecular weight excluding hydrogens is 278 g/mol. The van der Waals surface area contributed by atoms with Gasteiger partial charge in [-0.25, -0.2) is 4.98 Å². The first-order valence-electron chi connectivity index (χ1n) is 7.62. The lowest BCUT2D eigenvalue weighted by atomic mass is 10.0. The minimum Gasteiger partial charge on any atom is -0.392 e. The molecule has 2 heterocycles. The van der Waals surface area contributed by atoms with E-state index < -0.39 is 0 Å². The Labute approximate surface area is 131 Å². The molecule has 0 unspecified atom stereocenters. The molecule has 1 aromatic carbocycles. The van der Waals surface area contributed by atoms with Crippen molar-refractivity contribution in [2.24, 2.45) is 7.05 Å². The number of aryl methyl sites for hydroxylation is 1. The second kappa shape index (κ2) is 6.60. The van der Waals surface area contributed by atoms with E-state index in [4.69, 9.17) is 9.84 Å². The summed E-state index contributed by atoms with van der Waals surface area (Å²) in [5.41, 5.74) is 4.68. The van der Waals surface area contributed by atoms with Gasteiger partial charge < -0.3 is 14.4 Å². The Bertz CT molecular complexity index is 621. The average molecular weight is 301 g/mol. The number of nitrogens with zero attached hydrogens (tertiary/aromatic N) is 3. The third-order valence-electron chi connectivity index (χ3n) is 4.39. The number of rotatable bonds is 5. The number of benzene rings is 1. The first-order valence-corrected chi connectivity index (χ1v) is 7.62. The zero-order valence-electron chi connectivity index (χ0n) is 13.2. The smallest absolute Gasteiger partial charge is 0.0949 e. The van der Waals surface area contributed by atoms with Crippen LogP contribution in [0, 0.1) is 0 Å². The van der Waals surface area contributed by atoms with Crippen molar-refractivity contribution in [2.45, 2.75) is 32.2 Å². The number of aliphatic hydroxyl groups is 1. The molecule has 0 fully saturated rings. The van der Waals surface area contributed by atoms with Gasteiger partial charge in [-0.3, -0.25) is 4.90 Å². The van der Waals surface area contributed by atoms with Crippen LogP contribution in [0.2, 0.25) is 0 Å². The molecule has 3 rings (SSSR count). The Kier molecular flexibility index (Phi) is 4.57. The molecule has 1 aromatic heterocycles. The van der Waals surface area contributed by atoms with E-state index in [9.17, 15) is 0 Å². The molecule has 0 aliphatic carbocycles. The quantitative estimate of drug-likeness (QED) is 0.909. The van der Waals surface area contributed by atoms with Gasteiger partial charge in [-0.05, 0) is 11.1 Å². The van der Waals surface area contributed by atoms with Crippen molar-refractivity contribution in [3.8, 4) is 0 Å². The molecule has 0 saturated carbocycles. The minimum absolute atomic E-state index is 0.0909. The molecule has 0 saturated heterocycles.